The van der Waals surface area contributed by atoms with E-state index in [0.717, 1.165) is 24.1 Å². The maximum absolute atomic E-state index is 13.1. The number of aryl methyl sites for hydroxylation is 1. The highest BCUT2D eigenvalue weighted by Gasteiger charge is 2.14. The number of fused-ring (bicyclic) bond motifs is 1. The van der Waals surface area contributed by atoms with Crippen LogP contribution in [0, 0.1) is 6.92 Å². The van der Waals surface area contributed by atoms with Crippen LogP contribution in [0.2, 0.25) is 0 Å². The zero-order chi connectivity index (χ0) is 23.2. The van der Waals surface area contributed by atoms with E-state index in [2.05, 4.69) is 5.16 Å². The van der Waals surface area contributed by atoms with Crippen molar-refractivity contribution in [2.24, 2.45) is 5.73 Å². The van der Waals surface area contributed by atoms with Gasteiger partial charge >= 0.3 is 0 Å². The lowest BCUT2D eigenvalue weighted by Gasteiger charge is -2.12. The van der Waals surface area contributed by atoms with Crippen LogP contribution >= 0.6 is 11.8 Å². The van der Waals surface area contributed by atoms with Gasteiger partial charge in [-0.1, -0.05) is 65.3 Å². The zero-order valence-electron chi connectivity index (χ0n) is 18.5. The molecule has 4 rings (SSSR count). The number of para-hydroxylation sites is 1. The molecule has 0 radical (unpaired) electrons. The van der Waals surface area contributed by atoms with E-state index in [4.69, 9.17) is 15.2 Å². The average molecular weight is 463 g/mol. The smallest absolute Gasteiger partial charge is 0.262 e. The zero-order valence-corrected chi connectivity index (χ0v) is 19.3. The molecule has 0 unspecified atom stereocenters. The fourth-order valence-electron chi connectivity index (χ4n) is 3.58. The van der Waals surface area contributed by atoms with Gasteiger partial charge in [0.15, 0.2) is 5.16 Å². The Morgan fingerprint density at radius 2 is 1.88 bits per heavy atom. The number of unbranched alkanes of at least 4 members (excludes halogenated alkanes) is 2. The van der Waals surface area contributed by atoms with E-state index in [0.29, 0.717) is 47.0 Å². The minimum Gasteiger partial charge on any atom is -0.370 e. The summed E-state index contributed by atoms with van der Waals surface area (Å²) in [6, 6.07) is 17.4. The van der Waals surface area contributed by atoms with Crippen molar-refractivity contribution in [3.05, 3.63) is 76.3 Å². The van der Waals surface area contributed by atoms with Gasteiger partial charge in [-0.05, 0) is 31.9 Å². The molecule has 0 atom stereocenters. The predicted octanol–water partition coefficient (Wildman–Crippen LogP) is 4.70. The number of rotatable bonds is 10. The first-order valence-corrected chi connectivity index (χ1v) is 11.9. The molecule has 0 saturated heterocycles. The molecule has 8 heteroatoms. The molecule has 0 aliphatic heterocycles. The molecular formula is C25H26N4O3S. The van der Waals surface area contributed by atoms with E-state index in [1.807, 2.05) is 55.5 Å². The average Bonchev–Trinajstić information content (AvgIpc) is 3.28. The summed E-state index contributed by atoms with van der Waals surface area (Å²) in [5.41, 5.74) is 8.80. The summed E-state index contributed by atoms with van der Waals surface area (Å²) in [6.45, 7) is 2.57. The minimum atomic E-state index is -0.298. The molecule has 2 aromatic carbocycles. The van der Waals surface area contributed by atoms with Crippen molar-refractivity contribution in [1.29, 1.82) is 0 Å². The highest BCUT2D eigenvalue weighted by molar-refractivity contribution is 7.98. The molecule has 2 N–H and O–H groups in total. The number of aromatic nitrogens is 3. The number of carbonyl (C=O) groups is 1. The highest BCUT2D eigenvalue weighted by atomic mass is 32.2. The highest BCUT2D eigenvalue weighted by Crippen LogP contribution is 2.26. The molecule has 0 aliphatic rings. The van der Waals surface area contributed by atoms with Crippen LogP contribution in [0.1, 0.15) is 37.0 Å². The van der Waals surface area contributed by atoms with Crippen molar-refractivity contribution in [1.82, 2.24) is 14.7 Å². The van der Waals surface area contributed by atoms with Gasteiger partial charge in [0.1, 0.15) is 11.5 Å². The Hall–Kier alpha value is -3.39. The summed E-state index contributed by atoms with van der Waals surface area (Å²) >= 11 is 1.45. The van der Waals surface area contributed by atoms with E-state index < -0.39 is 0 Å². The Morgan fingerprint density at radius 1 is 1.09 bits per heavy atom. The second kappa shape index (κ2) is 10.5. The van der Waals surface area contributed by atoms with Crippen molar-refractivity contribution in [2.45, 2.75) is 50.1 Å². The third-order valence-corrected chi connectivity index (χ3v) is 6.38. The molecule has 170 valence electrons. The topological polar surface area (TPSA) is 104 Å². The Bertz CT molecular complexity index is 1310. The van der Waals surface area contributed by atoms with E-state index in [-0.39, 0.29) is 11.5 Å². The molecule has 33 heavy (non-hydrogen) atoms. The van der Waals surface area contributed by atoms with Crippen LogP contribution in [0.25, 0.3) is 22.2 Å². The molecule has 7 nitrogen and oxygen atoms in total. The van der Waals surface area contributed by atoms with Crippen LogP contribution < -0.4 is 11.3 Å². The monoisotopic (exact) mass is 462 g/mol. The molecule has 0 spiro atoms. The number of nitrogens with two attached hydrogens (primary N) is 1. The van der Waals surface area contributed by atoms with Gasteiger partial charge in [-0.15, -0.1) is 0 Å². The van der Waals surface area contributed by atoms with Crippen molar-refractivity contribution < 1.29 is 9.32 Å². The van der Waals surface area contributed by atoms with Crippen LogP contribution in [-0.2, 0) is 17.1 Å². The summed E-state index contributed by atoms with van der Waals surface area (Å²) in [4.78, 5) is 28.8. The summed E-state index contributed by atoms with van der Waals surface area (Å²) in [5, 5.41) is 5.43. The van der Waals surface area contributed by atoms with E-state index in [1.165, 1.54) is 17.3 Å². The Balaban J connectivity index is 1.52. The lowest BCUT2D eigenvalue weighted by atomic mass is 10.1. The standard InChI is InChI=1S/C25H26N4O3S/c1-17-10-12-18(13-11-17)22-15-19(32-28-22)16-33-25-27-21-8-5-4-7-20(21)24(31)29(25)14-6-2-3-9-23(26)30/h4-5,7-8,10-13,15H,2-3,6,9,14,16H2,1H3,(H2,26,30). The van der Waals surface area contributed by atoms with Gasteiger partial charge in [-0.25, -0.2) is 4.98 Å². The van der Waals surface area contributed by atoms with Gasteiger partial charge in [-0.3, -0.25) is 14.2 Å². The summed E-state index contributed by atoms with van der Waals surface area (Å²) in [6.07, 6.45) is 2.66. The van der Waals surface area contributed by atoms with Crippen molar-refractivity contribution in [2.75, 3.05) is 0 Å². The molecular weight excluding hydrogens is 436 g/mol. The molecule has 2 heterocycles. The Labute approximate surface area is 196 Å². The Morgan fingerprint density at radius 3 is 2.67 bits per heavy atom. The first-order chi connectivity index (χ1) is 16.0. The fraction of sp³-hybridized carbons (Fsp3) is 0.280. The number of hydrogen-bond donors (Lipinski definition) is 1. The lowest BCUT2D eigenvalue weighted by molar-refractivity contribution is -0.118. The first-order valence-electron chi connectivity index (χ1n) is 10.9. The number of thioether (sulfide) groups is 1. The molecule has 0 fully saturated rings. The lowest BCUT2D eigenvalue weighted by Crippen LogP contribution is -2.23. The van der Waals surface area contributed by atoms with Crippen LogP contribution in [0.3, 0.4) is 0 Å². The van der Waals surface area contributed by atoms with Crippen LogP contribution in [0.15, 0.2) is 69.1 Å². The van der Waals surface area contributed by atoms with Gasteiger partial charge in [0.05, 0.1) is 16.7 Å². The summed E-state index contributed by atoms with van der Waals surface area (Å²) < 4.78 is 7.25. The maximum atomic E-state index is 13.1. The molecule has 0 saturated carbocycles. The summed E-state index contributed by atoms with van der Waals surface area (Å²) in [7, 11) is 0. The largest absolute Gasteiger partial charge is 0.370 e. The van der Waals surface area contributed by atoms with E-state index in [1.54, 1.807) is 10.6 Å². The third-order valence-electron chi connectivity index (χ3n) is 5.38. The van der Waals surface area contributed by atoms with Crippen molar-refractivity contribution in [3.8, 4) is 11.3 Å². The molecule has 1 amide bonds. The normalized spacial score (nSPS) is 11.2. The van der Waals surface area contributed by atoms with Crippen LogP contribution in [0.4, 0.5) is 0 Å². The fourth-order valence-corrected chi connectivity index (χ4v) is 4.48. The second-order valence-electron chi connectivity index (χ2n) is 7.98. The SMILES string of the molecule is Cc1ccc(-c2cc(CSc3nc4ccccc4c(=O)n3CCCCCC(N)=O)on2)cc1. The first kappa shape index (κ1) is 22.8. The number of hydrogen-bond acceptors (Lipinski definition) is 6. The van der Waals surface area contributed by atoms with Gasteiger partial charge in [0, 0.05) is 24.6 Å². The van der Waals surface area contributed by atoms with E-state index in [9.17, 15) is 9.59 Å². The van der Waals surface area contributed by atoms with Gasteiger partial charge < -0.3 is 10.3 Å². The number of nitrogens with zero attached hydrogens (tertiary/aromatic N) is 3. The van der Waals surface area contributed by atoms with Gasteiger partial charge in [-0.2, -0.15) is 0 Å². The summed E-state index contributed by atoms with van der Waals surface area (Å²) in [5.74, 6) is 0.921. The predicted molar refractivity (Wildman–Crippen MR) is 130 cm³/mol. The minimum absolute atomic E-state index is 0.0593. The van der Waals surface area contributed by atoms with Crippen molar-refractivity contribution in [3.63, 3.8) is 0 Å². The number of benzene rings is 2. The Kier molecular flexibility index (Phi) is 7.24. The van der Waals surface area contributed by atoms with Crippen molar-refractivity contribution >= 4 is 28.6 Å². The van der Waals surface area contributed by atoms with Gasteiger partial charge in [0.2, 0.25) is 5.91 Å². The molecule has 0 bridgehead atoms. The maximum Gasteiger partial charge on any atom is 0.262 e. The number of carbonyl (C=O) groups excluding carboxylic acids is 1. The van der Waals surface area contributed by atoms with Crippen LogP contribution in [-0.4, -0.2) is 20.6 Å². The van der Waals surface area contributed by atoms with E-state index >= 15 is 0 Å². The third kappa shape index (κ3) is 5.70. The van der Waals surface area contributed by atoms with Crippen LogP contribution in [0.5, 0.6) is 0 Å². The van der Waals surface area contributed by atoms with Gasteiger partial charge in [0.25, 0.3) is 5.56 Å². The second-order valence-corrected chi connectivity index (χ2v) is 8.92. The number of amides is 1. The quantitative estimate of drug-likeness (QED) is 0.208. The molecule has 2 aromatic heterocycles. The number of primary amides is 1. The molecule has 0 aliphatic carbocycles. The molecule has 4 aromatic rings.